The Morgan fingerprint density at radius 3 is 1.81 bits per heavy atom. The van der Waals surface area contributed by atoms with Crippen molar-refractivity contribution in [2.45, 2.75) is 72.6 Å². The van der Waals surface area contributed by atoms with Crippen LogP contribution in [-0.2, 0) is 0 Å². The summed E-state index contributed by atoms with van der Waals surface area (Å²) < 4.78 is 6.14. The minimum atomic E-state index is -2.66. The van der Waals surface area contributed by atoms with E-state index in [1.54, 1.807) is 3.58 Å². The Bertz CT molecular complexity index is 985. The van der Waals surface area contributed by atoms with E-state index in [1.807, 2.05) is 0 Å². The van der Waals surface area contributed by atoms with Gasteiger partial charge in [-0.15, -0.1) is 0 Å². The third kappa shape index (κ3) is 6.17. The number of rotatable bonds is 10. The number of unbranched alkanes of at least 4 members (excludes halogenated alkanes) is 3. The molecule has 0 N–H and O–H groups in total. The topological polar surface area (TPSA) is 0 Å². The van der Waals surface area contributed by atoms with E-state index in [9.17, 15) is 0 Å². The van der Waals surface area contributed by atoms with E-state index in [-0.39, 0.29) is 0 Å². The van der Waals surface area contributed by atoms with Crippen molar-refractivity contribution in [3.63, 3.8) is 0 Å². The number of hydrogen-bond acceptors (Lipinski definition) is 0. The normalized spacial score (nSPS) is 11.3. The van der Waals surface area contributed by atoms with Gasteiger partial charge in [0.25, 0.3) is 0 Å². The summed E-state index contributed by atoms with van der Waals surface area (Å²) in [7, 11) is 0. The Labute approximate surface area is 194 Å². The molecule has 0 saturated heterocycles. The second-order valence-corrected chi connectivity index (χ2v) is 21.9. The van der Waals surface area contributed by atoms with Crippen molar-refractivity contribution in [3.8, 4) is 11.8 Å². The number of benzene rings is 3. The van der Waals surface area contributed by atoms with Gasteiger partial charge in [-0.05, 0) is 0 Å². The monoisotopic (exact) mass is 518 g/mol. The van der Waals surface area contributed by atoms with Crippen molar-refractivity contribution < 1.29 is 0 Å². The molecule has 0 fully saturated rings. The second-order valence-electron chi connectivity index (χ2n) is 8.92. The summed E-state index contributed by atoms with van der Waals surface area (Å²) in [6, 6.07) is 24.2. The van der Waals surface area contributed by atoms with E-state index in [0.717, 1.165) is 5.56 Å². The first-order chi connectivity index (χ1) is 15.2. The third-order valence-electron chi connectivity index (χ3n) is 6.60. The summed E-state index contributed by atoms with van der Waals surface area (Å²) in [6.45, 7) is 7.07. The first-order valence-corrected chi connectivity index (χ1v) is 19.8. The molecule has 1 heteroatoms. The molecule has 0 aromatic heterocycles. The molecule has 0 bridgehead atoms. The zero-order valence-corrected chi connectivity index (χ0v) is 22.6. The van der Waals surface area contributed by atoms with Crippen molar-refractivity contribution in [2.75, 3.05) is 0 Å². The maximum absolute atomic E-state index is 3.66. The fourth-order valence-corrected chi connectivity index (χ4v) is 22.3. The maximum atomic E-state index is 3.66. The predicted molar refractivity (Wildman–Crippen MR) is 141 cm³/mol. The Kier molecular flexibility index (Phi) is 9.53. The van der Waals surface area contributed by atoms with Gasteiger partial charge in [0.15, 0.2) is 0 Å². The van der Waals surface area contributed by atoms with Crippen LogP contribution in [-0.4, -0.2) is 18.4 Å². The van der Waals surface area contributed by atoms with Gasteiger partial charge in [-0.25, -0.2) is 0 Å². The van der Waals surface area contributed by atoms with Crippen molar-refractivity contribution in [1.29, 1.82) is 0 Å². The van der Waals surface area contributed by atoms with Crippen LogP contribution in [0.15, 0.2) is 66.7 Å². The van der Waals surface area contributed by atoms with Gasteiger partial charge in [0.05, 0.1) is 0 Å². The summed E-state index contributed by atoms with van der Waals surface area (Å²) >= 11 is -2.66. The molecule has 31 heavy (non-hydrogen) atoms. The van der Waals surface area contributed by atoms with Crippen molar-refractivity contribution >= 4 is 32.7 Å². The molecule has 162 valence electrons. The Morgan fingerprint density at radius 2 is 1.19 bits per heavy atom. The molecule has 0 aliphatic rings. The minimum absolute atomic E-state index is 1.11. The molecule has 0 spiro atoms. The Balaban J connectivity index is 2.23. The summed E-state index contributed by atoms with van der Waals surface area (Å²) in [4.78, 5) is 0. The zero-order valence-electron chi connectivity index (χ0n) is 19.7. The summed E-state index contributed by atoms with van der Waals surface area (Å²) in [6.07, 6.45) is 8.01. The van der Waals surface area contributed by atoms with Crippen molar-refractivity contribution in [2.24, 2.45) is 0 Å². The van der Waals surface area contributed by atoms with Crippen LogP contribution in [0.1, 0.15) is 70.4 Å². The van der Waals surface area contributed by atoms with Crippen molar-refractivity contribution in [1.82, 2.24) is 0 Å². The molecule has 0 unspecified atom stereocenters. The van der Waals surface area contributed by atoms with Gasteiger partial charge >= 0.3 is 195 Å². The van der Waals surface area contributed by atoms with E-state index in [1.165, 1.54) is 68.2 Å². The van der Waals surface area contributed by atoms with E-state index < -0.39 is 18.4 Å². The molecular formula is C30H38Sn. The van der Waals surface area contributed by atoms with Gasteiger partial charge in [0.2, 0.25) is 0 Å². The summed E-state index contributed by atoms with van der Waals surface area (Å²) in [5.41, 5.74) is 2.43. The Hall–Kier alpha value is -1.72. The van der Waals surface area contributed by atoms with E-state index in [2.05, 4.69) is 99.3 Å². The quantitative estimate of drug-likeness (QED) is 0.188. The molecule has 3 aromatic rings. The van der Waals surface area contributed by atoms with Crippen LogP contribution < -0.4 is 3.58 Å². The van der Waals surface area contributed by atoms with Crippen LogP contribution in [0.25, 0.3) is 10.8 Å². The van der Waals surface area contributed by atoms with E-state index in [4.69, 9.17) is 0 Å². The van der Waals surface area contributed by atoms with Gasteiger partial charge in [-0.1, -0.05) is 0 Å². The fourth-order valence-electron chi connectivity index (χ4n) is 4.90. The van der Waals surface area contributed by atoms with E-state index >= 15 is 0 Å². The van der Waals surface area contributed by atoms with Crippen LogP contribution in [0.3, 0.4) is 0 Å². The van der Waals surface area contributed by atoms with Gasteiger partial charge in [0.1, 0.15) is 0 Å². The molecule has 0 aliphatic carbocycles. The van der Waals surface area contributed by atoms with Gasteiger partial charge in [0, 0.05) is 0 Å². The third-order valence-corrected chi connectivity index (χ3v) is 22.4. The number of hydrogen-bond donors (Lipinski definition) is 0. The molecule has 0 heterocycles. The first kappa shape index (κ1) is 23.9. The average Bonchev–Trinajstić information content (AvgIpc) is 2.83. The SMILES string of the molecule is CCC[CH2][Sn]([CH2]CCC)([CH2]CCC)[c]1c(C#Cc2ccccc2)ccc2ccccc12. The standard InChI is InChI=1S/C18H11.3C4H9.Sn/c1-2-6-15(7-3-1)10-11-16-12-13-17-8-4-5-9-18(17)14-16;3*1-3-4-2;/h1-9,12-13H;3*1,3-4H2,2H3;. The molecular weight excluding hydrogens is 479 g/mol. The van der Waals surface area contributed by atoms with E-state index in [0.29, 0.717) is 0 Å². The van der Waals surface area contributed by atoms with Gasteiger partial charge < -0.3 is 0 Å². The fraction of sp³-hybridized carbons (Fsp3) is 0.400. The summed E-state index contributed by atoms with van der Waals surface area (Å²) in [5, 5.41) is 2.90. The van der Waals surface area contributed by atoms with Crippen LogP contribution >= 0.6 is 0 Å². The van der Waals surface area contributed by atoms with Crippen LogP contribution in [0.2, 0.25) is 13.3 Å². The predicted octanol–water partition coefficient (Wildman–Crippen LogP) is 8.30. The molecule has 0 atom stereocenters. The molecule has 3 aromatic carbocycles. The molecule has 0 radical (unpaired) electrons. The van der Waals surface area contributed by atoms with Gasteiger partial charge in [-0.3, -0.25) is 0 Å². The molecule has 0 aliphatic heterocycles. The summed E-state index contributed by atoms with van der Waals surface area (Å²) in [5.74, 6) is 7.15. The van der Waals surface area contributed by atoms with Crippen LogP contribution in [0, 0.1) is 11.8 Å². The molecule has 0 nitrogen and oxygen atoms in total. The zero-order chi connectivity index (χ0) is 21.9. The van der Waals surface area contributed by atoms with Crippen LogP contribution in [0.4, 0.5) is 0 Å². The molecule has 3 rings (SSSR count). The van der Waals surface area contributed by atoms with Crippen molar-refractivity contribution in [3.05, 3.63) is 77.9 Å². The molecule has 0 saturated carbocycles. The number of fused-ring (bicyclic) bond motifs is 1. The second kappa shape index (κ2) is 12.3. The Morgan fingerprint density at radius 1 is 0.613 bits per heavy atom. The average molecular weight is 517 g/mol. The first-order valence-electron chi connectivity index (χ1n) is 12.3. The molecule has 0 amide bonds. The van der Waals surface area contributed by atoms with Crippen LogP contribution in [0.5, 0.6) is 0 Å². The van der Waals surface area contributed by atoms with Gasteiger partial charge in [-0.2, -0.15) is 0 Å².